The molecule has 0 radical (unpaired) electrons. The molecule has 126 valence electrons. The molecule has 1 aromatic rings. The average molecular weight is 321 g/mol. The van der Waals surface area contributed by atoms with Gasteiger partial charge in [0, 0.05) is 6.54 Å². The molecule has 1 aliphatic heterocycles. The van der Waals surface area contributed by atoms with Crippen LogP contribution in [-0.4, -0.2) is 46.7 Å². The molecule has 1 amide bonds. The Morgan fingerprint density at radius 2 is 1.91 bits per heavy atom. The van der Waals surface area contributed by atoms with E-state index in [1.54, 1.807) is 32.9 Å². The van der Waals surface area contributed by atoms with Crippen LogP contribution < -0.4 is 4.74 Å². The van der Waals surface area contributed by atoms with Crippen LogP contribution >= 0.6 is 0 Å². The van der Waals surface area contributed by atoms with Crippen molar-refractivity contribution < 1.29 is 24.2 Å². The summed E-state index contributed by atoms with van der Waals surface area (Å²) in [6.07, 6.45) is 1.38. The van der Waals surface area contributed by atoms with Crippen LogP contribution in [0.2, 0.25) is 0 Å². The maximum Gasteiger partial charge on any atom is 0.329 e. The van der Waals surface area contributed by atoms with Gasteiger partial charge in [0.05, 0.1) is 0 Å². The smallest absolute Gasteiger partial charge is 0.329 e. The fourth-order valence-corrected chi connectivity index (χ4v) is 2.45. The first-order chi connectivity index (χ1) is 10.8. The molecule has 6 heteroatoms. The number of hydrogen-bond acceptors (Lipinski definition) is 5. The minimum Gasteiger partial charge on any atom is -0.508 e. The van der Waals surface area contributed by atoms with Crippen LogP contribution in [-0.2, 0) is 14.3 Å². The monoisotopic (exact) mass is 321 g/mol. The van der Waals surface area contributed by atoms with Crippen LogP contribution in [0.4, 0.5) is 0 Å². The Kier molecular flexibility index (Phi) is 5.13. The molecule has 1 N–H and O–H groups in total. The minimum absolute atomic E-state index is 0.133. The minimum atomic E-state index is -0.572. The van der Waals surface area contributed by atoms with E-state index in [1.807, 2.05) is 0 Å². The highest BCUT2D eigenvalue weighted by molar-refractivity contribution is 5.86. The first kappa shape index (κ1) is 17.1. The van der Waals surface area contributed by atoms with E-state index in [1.165, 1.54) is 17.0 Å². The zero-order chi connectivity index (χ0) is 17.0. The standard InChI is InChI=1S/C17H23NO5/c1-17(2,3)23-16(21)14-5-4-10-18(14)15(20)11-22-13-8-6-12(19)7-9-13/h6-9,14,19H,4-5,10-11H2,1-3H3/t14-/m1/s1. The number of phenols is 1. The molecular formula is C17H23NO5. The third-order valence-corrected chi connectivity index (χ3v) is 3.45. The number of carbonyl (C=O) groups excluding carboxylic acids is 2. The summed E-state index contributed by atoms with van der Waals surface area (Å²) < 4.78 is 10.8. The SMILES string of the molecule is CC(C)(C)OC(=O)[C@H]1CCCN1C(=O)COc1ccc(O)cc1. The fraction of sp³-hybridized carbons (Fsp3) is 0.529. The maximum absolute atomic E-state index is 12.3. The van der Waals surface area contributed by atoms with Crippen LogP contribution in [0, 0.1) is 0 Å². The van der Waals surface area contributed by atoms with Crippen molar-refractivity contribution in [1.29, 1.82) is 0 Å². The van der Waals surface area contributed by atoms with Gasteiger partial charge in [-0.05, 0) is 57.9 Å². The number of nitrogens with zero attached hydrogens (tertiary/aromatic N) is 1. The highest BCUT2D eigenvalue weighted by atomic mass is 16.6. The van der Waals surface area contributed by atoms with Gasteiger partial charge in [0.1, 0.15) is 23.1 Å². The Balaban J connectivity index is 1.92. The lowest BCUT2D eigenvalue weighted by molar-refractivity contribution is -0.163. The van der Waals surface area contributed by atoms with Crippen LogP contribution in [0.15, 0.2) is 24.3 Å². The van der Waals surface area contributed by atoms with E-state index in [-0.39, 0.29) is 24.2 Å². The summed E-state index contributed by atoms with van der Waals surface area (Å²) in [7, 11) is 0. The summed E-state index contributed by atoms with van der Waals surface area (Å²) in [6, 6.07) is 5.60. The van der Waals surface area contributed by atoms with Crippen LogP contribution in [0.25, 0.3) is 0 Å². The number of phenolic OH excluding ortho intramolecular Hbond substituents is 1. The van der Waals surface area contributed by atoms with Crippen molar-refractivity contribution in [3.05, 3.63) is 24.3 Å². The molecule has 1 aliphatic rings. The summed E-state index contributed by atoms with van der Waals surface area (Å²) in [5.74, 6) is 0.0109. The second-order valence-electron chi connectivity index (χ2n) is 6.56. The van der Waals surface area contributed by atoms with E-state index in [0.29, 0.717) is 18.7 Å². The number of aromatic hydroxyl groups is 1. The molecule has 1 aromatic carbocycles. The molecule has 0 spiro atoms. The number of amides is 1. The van der Waals surface area contributed by atoms with Gasteiger partial charge >= 0.3 is 5.97 Å². The van der Waals surface area contributed by atoms with Crippen molar-refractivity contribution in [2.75, 3.05) is 13.2 Å². The topological polar surface area (TPSA) is 76.1 Å². The lowest BCUT2D eigenvalue weighted by atomic mass is 10.1. The number of hydrogen-bond donors (Lipinski definition) is 1. The number of benzene rings is 1. The van der Waals surface area contributed by atoms with Crippen molar-refractivity contribution in [2.45, 2.75) is 45.3 Å². The summed E-state index contributed by atoms with van der Waals surface area (Å²) in [6.45, 7) is 5.80. The Bertz CT molecular complexity index is 561. The van der Waals surface area contributed by atoms with Crippen molar-refractivity contribution in [3.63, 3.8) is 0 Å². The molecule has 0 unspecified atom stereocenters. The normalized spacial score (nSPS) is 17.9. The maximum atomic E-state index is 12.3. The van der Waals surface area contributed by atoms with Gasteiger partial charge in [-0.25, -0.2) is 4.79 Å². The Labute approximate surface area is 136 Å². The Morgan fingerprint density at radius 1 is 1.26 bits per heavy atom. The van der Waals surface area contributed by atoms with Gasteiger partial charge in [-0.3, -0.25) is 4.79 Å². The summed E-state index contributed by atoms with van der Waals surface area (Å²) >= 11 is 0. The molecule has 1 atom stereocenters. The molecule has 0 aromatic heterocycles. The lowest BCUT2D eigenvalue weighted by Crippen LogP contribution is -2.45. The quantitative estimate of drug-likeness (QED) is 0.860. The average Bonchev–Trinajstić information content (AvgIpc) is 2.94. The predicted octanol–water partition coefficient (Wildman–Crippen LogP) is 2.10. The molecule has 2 rings (SSSR count). The Hall–Kier alpha value is -2.24. The molecular weight excluding hydrogens is 298 g/mol. The van der Waals surface area contributed by atoms with Gasteiger partial charge in [0.2, 0.25) is 0 Å². The molecule has 1 heterocycles. The highest BCUT2D eigenvalue weighted by Gasteiger charge is 2.36. The van der Waals surface area contributed by atoms with E-state index < -0.39 is 11.6 Å². The summed E-state index contributed by atoms with van der Waals surface area (Å²) in [5.41, 5.74) is -0.572. The predicted molar refractivity (Wildman–Crippen MR) is 84.2 cm³/mol. The zero-order valence-electron chi connectivity index (χ0n) is 13.7. The van der Waals surface area contributed by atoms with E-state index in [9.17, 15) is 14.7 Å². The number of likely N-dealkylation sites (tertiary alicyclic amines) is 1. The molecule has 0 saturated carbocycles. The third-order valence-electron chi connectivity index (χ3n) is 3.45. The van der Waals surface area contributed by atoms with Gasteiger partial charge in [0.15, 0.2) is 6.61 Å². The number of rotatable bonds is 4. The van der Waals surface area contributed by atoms with Gasteiger partial charge in [0.25, 0.3) is 5.91 Å². The molecule has 23 heavy (non-hydrogen) atoms. The first-order valence-corrected chi connectivity index (χ1v) is 7.70. The van der Waals surface area contributed by atoms with Crippen LogP contribution in [0.5, 0.6) is 11.5 Å². The molecule has 0 aliphatic carbocycles. The van der Waals surface area contributed by atoms with E-state index in [4.69, 9.17) is 9.47 Å². The van der Waals surface area contributed by atoms with Gasteiger partial charge in [-0.15, -0.1) is 0 Å². The molecule has 1 saturated heterocycles. The second-order valence-corrected chi connectivity index (χ2v) is 6.56. The Morgan fingerprint density at radius 3 is 2.52 bits per heavy atom. The lowest BCUT2D eigenvalue weighted by Gasteiger charge is -2.27. The fourth-order valence-electron chi connectivity index (χ4n) is 2.45. The second kappa shape index (κ2) is 6.89. The van der Waals surface area contributed by atoms with Gasteiger partial charge in [-0.2, -0.15) is 0 Å². The highest BCUT2D eigenvalue weighted by Crippen LogP contribution is 2.22. The van der Waals surface area contributed by atoms with Crippen molar-refractivity contribution in [1.82, 2.24) is 4.90 Å². The van der Waals surface area contributed by atoms with Gasteiger partial charge in [-0.1, -0.05) is 0 Å². The van der Waals surface area contributed by atoms with Crippen molar-refractivity contribution in [3.8, 4) is 11.5 Å². The summed E-state index contributed by atoms with van der Waals surface area (Å²) in [5, 5.41) is 9.21. The molecule has 6 nitrogen and oxygen atoms in total. The number of carbonyl (C=O) groups is 2. The largest absolute Gasteiger partial charge is 0.508 e. The number of esters is 1. The van der Waals surface area contributed by atoms with Crippen molar-refractivity contribution >= 4 is 11.9 Å². The van der Waals surface area contributed by atoms with E-state index >= 15 is 0 Å². The number of ether oxygens (including phenoxy) is 2. The first-order valence-electron chi connectivity index (χ1n) is 7.70. The molecule has 1 fully saturated rings. The third kappa shape index (κ3) is 4.87. The van der Waals surface area contributed by atoms with E-state index in [2.05, 4.69) is 0 Å². The van der Waals surface area contributed by atoms with Crippen LogP contribution in [0.1, 0.15) is 33.6 Å². The zero-order valence-corrected chi connectivity index (χ0v) is 13.7. The van der Waals surface area contributed by atoms with E-state index in [0.717, 1.165) is 6.42 Å². The van der Waals surface area contributed by atoms with Gasteiger partial charge < -0.3 is 19.5 Å². The van der Waals surface area contributed by atoms with Crippen molar-refractivity contribution in [2.24, 2.45) is 0 Å². The van der Waals surface area contributed by atoms with Crippen LogP contribution in [0.3, 0.4) is 0 Å². The molecule has 0 bridgehead atoms. The summed E-state index contributed by atoms with van der Waals surface area (Å²) in [4.78, 5) is 26.0.